The number of nitrogens with zero attached hydrogens (tertiary/aromatic N) is 5. The maximum atomic E-state index is 13.7. The molecule has 65 nitrogen and oxygen atoms in total. The molecular weight excluding hydrogens is 2140 g/mol. The van der Waals surface area contributed by atoms with E-state index in [1.54, 1.807) is 4.98 Å². The van der Waals surface area contributed by atoms with Crippen LogP contribution in [0.5, 0.6) is 0 Å². The molecule has 0 aliphatic carbocycles. The number of aromatic amines is 4. The van der Waals surface area contributed by atoms with Crippen LogP contribution < -0.4 is 45.0 Å². The molecular formula is C49H66Cl4FN9O56P12. The average Bonchev–Trinajstić information content (AvgIpc) is 1.64. The average molecular weight is 2210 g/mol. The maximum absolute atomic E-state index is 13.7. The van der Waals surface area contributed by atoms with Gasteiger partial charge < -0.3 is 118 Å². The molecule has 131 heavy (non-hydrogen) atoms. The smallest absolute Gasteiger partial charge is 0.387 e. The van der Waals surface area contributed by atoms with Gasteiger partial charge in [-0.25, -0.2) is 74.0 Å². The standard InChI is InChI=1S/2C13H18ClN2O14P3.C12H15ClFN2O14P3.C11H15ClN3O14P3/c2*1-4-13(14)10(18)9(27-11(13)16-6(2)5-8(17)15-12(16)19)7(3)28-32(23,24)30-33(25,26)29-31(20,21)22;1-3-12(13)8(17)7(27-10(12)16-4-6(14)9(18)15-11(16)19)5(2)28-32(23,24)30-33(25,26)29-31(20,21)22;1-3-11(12)8(17)7(26-9(11)15-10(18)14-6(16)4-13-15)5(2)27-31(22,23)29-32(24,25)28-30(19,20)21/h2*1,5,7,9-11,18H,2-3H3,(H,23,24)(H,25,26)(H,15,17,19)(H2,20,21,22);1,4-5,7-8,10,17H,2H3,(H,23,24)(H,25,26)(H,15,18,19)(H2,20,21,22);1,4-5,7-9,17H,2H3,(H,22,23)(H,24,25)(H,14,16,18)(H2,19,20,21)/t7-,9+,10-,11+,13?;7-,9-,10+,11-,13?;5-,7-,8+,10-,12?;5-,7-,8+,9-,11?/m0111/s1. The third-order valence-electron chi connectivity index (χ3n) is 16.1. The number of aryl methyl sites for hydroxylation is 2. The molecule has 4 aliphatic rings. The summed E-state index contributed by atoms with van der Waals surface area (Å²) in [7, 11) is -68.1. The number of aliphatic hydroxyl groups excluding tert-OH is 4. The van der Waals surface area contributed by atoms with Gasteiger partial charge in [-0.3, -0.25) is 70.9 Å². The summed E-state index contributed by atoms with van der Waals surface area (Å²) >= 11 is 25.0. The fourth-order valence-electron chi connectivity index (χ4n) is 11.2. The van der Waals surface area contributed by atoms with Gasteiger partial charge in [-0.2, -0.15) is 48.7 Å². The molecule has 8 rings (SSSR count). The second-order valence-electron chi connectivity index (χ2n) is 25.8. The Hall–Kier alpha value is -4.70. The van der Waals surface area contributed by atoms with Gasteiger partial charge in [0.1, 0.15) is 55.0 Å². The third kappa shape index (κ3) is 30.9. The van der Waals surface area contributed by atoms with Crippen LogP contribution in [0, 0.1) is 69.0 Å². The van der Waals surface area contributed by atoms with Crippen molar-refractivity contribution >= 4 is 140 Å². The first-order valence-electron chi connectivity index (χ1n) is 33.0. The Morgan fingerprint density at radius 2 is 0.634 bits per heavy atom. The number of hydrogen-bond acceptors (Lipinski definition) is 41. The highest BCUT2D eigenvalue weighted by atomic mass is 35.5. The van der Waals surface area contributed by atoms with Crippen molar-refractivity contribution < 1.29 is 229 Å². The minimum atomic E-state index is -5.83. The van der Waals surface area contributed by atoms with Gasteiger partial charge in [0.15, 0.2) is 44.4 Å². The molecule has 4 aromatic rings. The number of aromatic nitrogens is 9. The summed E-state index contributed by atoms with van der Waals surface area (Å²) < 4.78 is 221. The van der Waals surface area contributed by atoms with Gasteiger partial charge in [0, 0.05) is 23.5 Å². The van der Waals surface area contributed by atoms with Crippen LogP contribution >= 0.6 is 140 Å². The predicted octanol–water partition coefficient (Wildman–Crippen LogP) is -3.30. The summed E-state index contributed by atoms with van der Waals surface area (Å²) in [6.07, 6.45) is -5.71. The number of hydrogen-bond donors (Lipinski definition) is 24. The molecule has 0 saturated carbocycles. The number of phosphoric acid groups is 12. The van der Waals surface area contributed by atoms with E-state index in [9.17, 15) is 157 Å². The number of H-pyrrole nitrogens is 4. The normalized spacial score (nSPS) is 30.3. The molecule has 12 unspecified atom stereocenters. The van der Waals surface area contributed by atoms with Crippen molar-refractivity contribution in [1.82, 2.24) is 43.4 Å². The molecule has 4 fully saturated rings. The largest absolute Gasteiger partial charge is 0.490 e. The summed E-state index contributed by atoms with van der Waals surface area (Å²) in [5, 5.41) is 45.7. The first-order chi connectivity index (χ1) is 58.9. The second-order valence-corrected chi connectivity index (χ2v) is 45.8. The topological polar surface area (TPSA) is 989 Å². The Labute approximate surface area is 743 Å². The highest BCUT2D eigenvalue weighted by Gasteiger charge is 2.64. The van der Waals surface area contributed by atoms with Crippen LogP contribution in [0.1, 0.15) is 64.0 Å². The van der Waals surface area contributed by atoms with Crippen molar-refractivity contribution in [3.05, 3.63) is 125 Å². The minimum Gasteiger partial charge on any atom is -0.387 e. The molecule has 4 saturated heterocycles. The zero-order chi connectivity index (χ0) is 101. The van der Waals surface area contributed by atoms with Gasteiger partial charge in [0.25, 0.3) is 22.2 Å². The molecule has 4 aliphatic heterocycles. The third-order valence-corrected chi connectivity index (χ3v) is 33.9. The molecule has 738 valence electrons. The maximum Gasteiger partial charge on any atom is 0.490 e. The SMILES string of the molecule is C#CC1(Cl)[C@@H](O)[C@@H]([C@@H](C)OP(=O)(O)OP(=O)(O)OP(=O)(O)O)O[C@H]1n1c(C)cc(=O)[nH]c1=O.C#CC1(Cl)[C@@H](O)[C@@H]([C@@H](C)OP(=O)(O)OP(=O)(O)OP(=O)(O)O)O[C@H]1n1cc(F)c(=O)[nH]c1=O.C#CC1(Cl)[C@@H](O)[C@@H]([C@@H](C)OP(=O)(O)OP(=O)(O)OP(=O)(O)O)O[C@H]1n1ncc(=O)[nH]c1=O.C#CC1(Cl)[C@@H](O)[C@@H]([C@H](C)OP(=O)(O)OP(=O)(O)OP(=O)(O)O)O[C@H]1n1c(C)cc(=O)[nH]c1=O. The Morgan fingerprint density at radius 3 is 0.885 bits per heavy atom. The van der Waals surface area contributed by atoms with Crippen molar-refractivity contribution in [2.75, 3.05) is 0 Å². The Balaban J connectivity index is 0.000000309. The van der Waals surface area contributed by atoms with E-state index in [1.807, 2.05) is 38.6 Å². The van der Waals surface area contributed by atoms with Crippen LogP contribution in [0.4, 0.5) is 4.39 Å². The summed E-state index contributed by atoms with van der Waals surface area (Å²) in [6, 6.07) is 2.02. The first-order valence-corrected chi connectivity index (χ1v) is 52.6. The first kappa shape index (κ1) is 117. The van der Waals surface area contributed by atoms with Crippen LogP contribution in [0.15, 0.2) is 62.9 Å². The molecule has 0 bridgehead atoms. The van der Waals surface area contributed by atoms with Gasteiger partial charge in [-0.15, -0.1) is 25.7 Å². The Bertz CT molecular complexity index is 6130. The molecule has 28 atom stereocenters. The molecule has 82 heteroatoms. The number of rotatable bonds is 32. The monoisotopic (exact) mass is 2210 g/mol. The quantitative estimate of drug-likeness (QED) is 0.0129. The fraction of sp³-hybridized carbons (Fsp3) is 0.531. The number of aliphatic hydroxyl groups is 4. The lowest BCUT2D eigenvalue weighted by Crippen LogP contribution is -2.46. The second kappa shape index (κ2) is 42.6. The van der Waals surface area contributed by atoms with Gasteiger partial charge in [-0.1, -0.05) is 70.1 Å². The highest BCUT2D eigenvalue weighted by molar-refractivity contribution is 7.68. The number of terminal acetylenes is 4. The van der Waals surface area contributed by atoms with Gasteiger partial charge >= 0.3 is 117 Å². The molecule has 4 aromatic heterocycles. The molecule has 0 aromatic carbocycles. The van der Waals surface area contributed by atoms with E-state index in [4.69, 9.17) is 130 Å². The minimum absolute atomic E-state index is 0.0300. The Kier molecular flexibility index (Phi) is 37.9. The molecule has 24 N–H and O–H groups in total. The van der Waals surface area contributed by atoms with Crippen LogP contribution in [0.3, 0.4) is 0 Å². The van der Waals surface area contributed by atoms with E-state index in [0.29, 0.717) is 21.6 Å². The molecule has 0 spiro atoms. The highest BCUT2D eigenvalue weighted by Crippen LogP contribution is 2.71. The van der Waals surface area contributed by atoms with Gasteiger partial charge in [-0.05, 0) is 41.5 Å². The van der Waals surface area contributed by atoms with E-state index in [2.05, 4.69) is 57.7 Å². The van der Waals surface area contributed by atoms with Gasteiger partial charge in [0.2, 0.25) is 5.82 Å². The van der Waals surface area contributed by atoms with E-state index in [1.165, 1.54) is 13.8 Å². The summed E-state index contributed by atoms with van der Waals surface area (Å²) in [6.45, 7) is 6.65. The predicted molar refractivity (Wildman–Crippen MR) is 419 cm³/mol. The summed E-state index contributed by atoms with van der Waals surface area (Å²) in [5.74, 6) is 6.55. The zero-order valence-corrected chi connectivity index (χ0v) is 78.2. The van der Waals surface area contributed by atoms with E-state index in [-0.39, 0.29) is 11.4 Å². The molecule has 0 radical (unpaired) electrons. The summed E-state index contributed by atoms with van der Waals surface area (Å²) in [5.41, 5.74) is -8.06. The van der Waals surface area contributed by atoms with Crippen molar-refractivity contribution in [1.29, 1.82) is 0 Å². The van der Waals surface area contributed by atoms with Crippen molar-refractivity contribution in [2.24, 2.45) is 0 Å². The fourth-order valence-corrected chi connectivity index (χ4v) is 25.1. The van der Waals surface area contributed by atoms with Crippen molar-refractivity contribution in [2.45, 2.75) is 159 Å². The number of phosphoric ester groups is 4. The number of ether oxygens (including phenoxy) is 4. The number of nitrogens with one attached hydrogen (secondary N) is 4. The van der Waals surface area contributed by atoms with Crippen LogP contribution in [-0.4, -0.2) is 235 Å². The van der Waals surface area contributed by atoms with E-state index in [0.717, 1.165) is 49.0 Å². The van der Waals surface area contributed by atoms with Crippen molar-refractivity contribution in [3.63, 3.8) is 0 Å². The van der Waals surface area contributed by atoms with Gasteiger partial charge in [0.05, 0.1) is 30.6 Å². The van der Waals surface area contributed by atoms with E-state index < -0.39 is 262 Å². The lowest BCUT2D eigenvalue weighted by molar-refractivity contribution is -0.0786. The lowest BCUT2D eigenvalue weighted by Gasteiger charge is -2.27. The van der Waals surface area contributed by atoms with Crippen molar-refractivity contribution in [3.8, 4) is 49.4 Å². The summed E-state index contributed by atoms with van der Waals surface area (Å²) in [4.78, 5) is 236. The Morgan fingerprint density at radius 1 is 0.389 bits per heavy atom. The zero-order valence-electron chi connectivity index (χ0n) is 64.5. The number of halogens is 5. The van der Waals surface area contributed by atoms with E-state index >= 15 is 0 Å². The van der Waals surface area contributed by atoms with Crippen LogP contribution in [-0.2, 0) is 126 Å². The van der Waals surface area contributed by atoms with Crippen LogP contribution in [0.2, 0.25) is 0 Å². The van der Waals surface area contributed by atoms with Crippen LogP contribution in [0.25, 0.3) is 0 Å². The lowest BCUT2D eigenvalue weighted by atomic mass is 9.97. The molecule has 0 amide bonds. The number of alkyl halides is 4. The molecule has 8 heterocycles.